The van der Waals surface area contributed by atoms with Crippen molar-refractivity contribution in [3.05, 3.63) is 57.2 Å². The number of pyridine rings is 1. The molecule has 0 atom stereocenters. The van der Waals surface area contributed by atoms with Crippen molar-refractivity contribution in [1.29, 1.82) is 0 Å². The van der Waals surface area contributed by atoms with Gasteiger partial charge in [0.2, 0.25) is 0 Å². The van der Waals surface area contributed by atoms with Crippen LogP contribution in [0.5, 0.6) is 0 Å². The fourth-order valence-electron chi connectivity index (χ4n) is 1.69. The molecule has 1 amide bonds. The van der Waals surface area contributed by atoms with Gasteiger partial charge in [-0.2, -0.15) is 0 Å². The Hall–Kier alpha value is -3.20. The number of benzene rings is 1. The Morgan fingerprint density at radius 2 is 2.08 bits per heavy atom. The Kier molecular flexibility index (Phi) is 5.27. The highest BCUT2D eigenvalue weighted by Crippen LogP contribution is 2.20. The number of esters is 1. The number of aromatic nitrogens is 1. The molecule has 1 aromatic carbocycles. The molecule has 3 N–H and O–H groups in total. The molecule has 0 unspecified atom stereocenters. The van der Waals surface area contributed by atoms with Gasteiger partial charge in [-0.3, -0.25) is 14.9 Å². The first-order valence-electron chi connectivity index (χ1n) is 6.49. The van der Waals surface area contributed by atoms with E-state index in [1.807, 2.05) is 0 Å². The molecule has 24 heavy (non-hydrogen) atoms. The monoisotopic (exact) mass is 350 g/mol. The summed E-state index contributed by atoms with van der Waals surface area (Å²) >= 11 is 5.67. The Labute approximate surface area is 140 Å². The lowest BCUT2D eigenvalue weighted by atomic mass is 10.1. The Morgan fingerprint density at radius 1 is 1.33 bits per heavy atom. The Morgan fingerprint density at radius 3 is 2.67 bits per heavy atom. The molecule has 124 valence electrons. The lowest BCUT2D eigenvalue weighted by molar-refractivity contribution is -0.384. The largest absolute Gasteiger partial charge is 0.452 e. The molecule has 2 rings (SSSR count). The zero-order chi connectivity index (χ0) is 17.7. The summed E-state index contributed by atoms with van der Waals surface area (Å²) in [7, 11) is 0. The summed E-state index contributed by atoms with van der Waals surface area (Å²) in [6.07, 6.45) is 1.35. The number of nitrogen functional groups attached to an aromatic ring is 1. The number of hydrogen-bond acceptors (Lipinski definition) is 7. The number of rotatable bonds is 5. The maximum Gasteiger partial charge on any atom is 0.340 e. The minimum absolute atomic E-state index is 0.0713. The quantitative estimate of drug-likeness (QED) is 0.364. The van der Waals surface area contributed by atoms with E-state index < -0.39 is 23.4 Å². The number of halogens is 1. The van der Waals surface area contributed by atoms with Crippen molar-refractivity contribution in [1.82, 2.24) is 4.98 Å². The van der Waals surface area contributed by atoms with Crippen molar-refractivity contribution >= 4 is 40.7 Å². The Balaban J connectivity index is 1.94. The zero-order valence-electron chi connectivity index (χ0n) is 12.1. The number of ether oxygens (including phenoxy) is 1. The lowest BCUT2D eigenvalue weighted by Crippen LogP contribution is -2.21. The van der Waals surface area contributed by atoms with Gasteiger partial charge < -0.3 is 15.8 Å². The normalized spacial score (nSPS) is 10.0. The van der Waals surface area contributed by atoms with Crippen molar-refractivity contribution in [2.45, 2.75) is 0 Å². The summed E-state index contributed by atoms with van der Waals surface area (Å²) < 4.78 is 4.81. The van der Waals surface area contributed by atoms with Crippen LogP contribution in [0.3, 0.4) is 0 Å². The molecule has 1 aromatic heterocycles. The van der Waals surface area contributed by atoms with E-state index in [9.17, 15) is 19.7 Å². The van der Waals surface area contributed by atoms with Crippen molar-refractivity contribution in [3.63, 3.8) is 0 Å². The fourth-order valence-corrected chi connectivity index (χ4v) is 1.80. The summed E-state index contributed by atoms with van der Waals surface area (Å²) in [5.74, 6) is -1.24. The van der Waals surface area contributed by atoms with Gasteiger partial charge in [-0.15, -0.1) is 0 Å². The van der Waals surface area contributed by atoms with Gasteiger partial charge in [-0.05, 0) is 18.2 Å². The van der Waals surface area contributed by atoms with Gasteiger partial charge in [0.15, 0.2) is 6.61 Å². The van der Waals surface area contributed by atoms with Gasteiger partial charge in [0.1, 0.15) is 5.82 Å². The minimum Gasteiger partial charge on any atom is -0.452 e. The molecule has 0 bridgehead atoms. The van der Waals surface area contributed by atoms with Gasteiger partial charge in [-0.1, -0.05) is 11.6 Å². The number of anilines is 2. The number of nitrogens with two attached hydrogens (primary N) is 1. The second-order valence-electron chi connectivity index (χ2n) is 4.51. The third-order valence-electron chi connectivity index (χ3n) is 2.80. The van der Waals surface area contributed by atoms with E-state index in [2.05, 4.69) is 10.3 Å². The van der Waals surface area contributed by atoms with Crippen LogP contribution in [0.1, 0.15) is 10.4 Å². The molecular formula is C14H11ClN4O5. The van der Waals surface area contributed by atoms with Crippen LogP contribution in [0.4, 0.5) is 17.2 Å². The summed E-state index contributed by atoms with van der Waals surface area (Å²) in [4.78, 5) is 37.4. The molecular weight excluding hydrogens is 340 g/mol. The third-order valence-corrected chi connectivity index (χ3v) is 3.02. The summed E-state index contributed by atoms with van der Waals surface area (Å²) in [6.45, 7) is -0.570. The van der Waals surface area contributed by atoms with Crippen LogP contribution in [-0.4, -0.2) is 28.4 Å². The van der Waals surface area contributed by atoms with E-state index >= 15 is 0 Å². The van der Waals surface area contributed by atoms with Crippen molar-refractivity contribution in [3.8, 4) is 0 Å². The maximum atomic E-state index is 11.9. The number of nitro groups is 1. The second kappa shape index (κ2) is 7.38. The molecule has 0 aliphatic heterocycles. The maximum absolute atomic E-state index is 11.9. The number of non-ortho nitro benzene ring substituents is 1. The zero-order valence-corrected chi connectivity index (χ0v) is 12.8. The van der Waals surface area contributed by atoms with Crippen LogP contribution in [0.2, 0.25) is 5.02 Å². The molecule has 0 radical (unpaired) electrons. The van der Waals surface area contributed by atoms with Crippen LogP contribution in [-0.2, 0) is 9.53 Å². The molecule has 0 saturated carbocycles. The summed E-state index contributed by atoms with van der Waals surface area (Å²) in [6, 6.07) is 6.33. The average Bonchev–Trinajstić information content (AvgIpc) is 2.54. The number of nitro benzene ring substituents is 1. The lowest BCUT2D eigenvalue weighted by Gasteiger charge is -2.07. The minimum atomic E-state index is -0.874. The third kappa shape index (κ3) is 4.40. The second-order valence-corrected chi connectivity index (χ2v) is 4.95. The van der Waals surface area contributed by atoms with Crippen molar-refractivity contribution in [2.75, 3.05) is 17.7 Å². The molecule has 0 aliphatic rings. The van der Waals surface area contributed by atoms with Crippen LogP contribution in [0, 0.1) is 10.1 Å². The highest BCUT2D eigenvalue weighted by molar-refractivity contribution is 6.30. The van der Waals surface area contributed by atoms with Crippen molar-refractivity contribution < 1.29 is 19.2 Å². The first-order valence-corrected chi connectivity index (χ1v) is 6.87. The predicted molar refractivity (Wildman–Crippen MR) is 85.7 cm³/mol. The first kappa shape index (κ1) is 17.2. The van der Waals surface area contributed by atoms with E-state index in [1.165, 1.54) is 18.3 Å². The number of nitrogens with one attached hydrogen (secondary N) is 1. The molecule has 0 aliphatic carbocycles. The molecule has 10 heteroatoms. The van der Waals surface area contributed by atoms with E-state index in [0.717, 1.165) is 18.2 Å². The first-order chi connectivity index (χ1) is 11.4. The van der Waals surface area contributed by atoms with Crippen LogP contribution >= 0.6 is 11.6 Å². The van der Waals surface area contributed by atoms with Crippen LogP contribution < -0.4 is 11.1 Å². The van der Waals surface area contributed by atoms with Gasteiger partial charge in [0.05, 0.1) is 21.2 Å². The van der Waals surface area contributed by atoms with Gasteiger partial charge >= 0.3 is 5.97 Å². The van der Waals surface area contributed by atoms with E-state index in [-0.39, 0.29) is 22.8 Å². The highest BCUT2D eigenvalue weighted by atomic mass is 35.5. The smallest absolute Gasteiger partial charge is 0.340 e. The van der Waals surface area contributed by atoms with E-state index in [1.54, 1.807) is 0 Å². The number of nitrogens with zero attached hydrogens (tertiary/aromatic N) is 2. The summed E-state index contributed by atoms with van der Waals surface area (Å²) in [5, 5.41) is 13.4. The van der Waals surface area contributed by atoms with E-state index in [4.69, 9.17) is 22.1 Å². The molecule has 0 fully saturated rings. The fraction of sp³-hybridized carbons (Fsp3) is 0.0714. The molecule has 9 nitrogen and oxygen atoms in total. The number of hydrogen-bond donors (Lipinski definition) is 2. The number of amides is 1. The highest BCUT2D eigenvalue weighted by Gasteiger charge is 2.16. The van der Waals surface area contributed by atoms with Crippen LogP contribution in [0.15, 0.2) is 36.5 Å². The Bertz CT molecular complexity index is 794. The molecule has 0 spiro atoms. The van der Waals surface area contributed by atoms with Gasteiger partial charge in [0.25, 0.3) is 11.6 Å². The number of carbonyl (C=O) groups is 2. The molecule has 0 saturated heterocycles. The van der Waals surface area contributed by atoms with Crippen molar-refractivity contribution in [2.24, 2.45) is 0 Å². The topological polar surface area (TPSA) is 137 Å². The van der Waals surface area contributed by atoms with Gasteiger partial charge in [0, 0.05) is 18.3 Å². The molecule has 2 aromatic rings. The SMILES string of the molecule is Nc1cc([N+](=O)[O-])ccc1C(=O)OCC(=O)Nc1ccc(Cl)cn1. The van der Waals surface area contributed by atoms with E-state index in [0.29, 0.717) is 5.02 Å². The van der Waals surface area contributed by atoms with Gasteiger partial charge in [-0.25, -0.2) is 9.78 Å². The average molecular weight is 351 g/mol. The number of carbonyl (C=O) groups excluding carboxylic acids is 2. The summed E-state index contributed by atoms with van der Waals surface area (Å²) in [5.41, 5.74) is 5.13. The predicted octanol–water partition coefficient (Wildman–Crippen LogP) is 2.02. The molecule has 1 heterocycles. The van der Waals surface area contributed by atoms with Crippen LogP contribution in [0.25, 0.3) is 0 Å². The standard InChI is InChI=1S/C14H11ClN4O5/c15-8-1-4-12(17-6-8)18-13(20)7-24-14(21)10-3-2-9(19(22)23)5-11(10)16/h1-6H,7,16H2,(H,17,18,20).